The average Bonchev–Trinajstić information content (AvgIpc) is 3.24. The second-order valence-electron chi connectivity index (χ2n) is 16.7. The van der Waals surface area contributed by atoms with Crippen LogP contribution in [-0.2, 0) is 28.6 Å². The highest BCUT2D eigenvalue weighted by atomic mass is 16.6. The van der Waals surface area contributed by atoms with E-state index in [9.17, 15) is 14.4 Å². The molecule has 0 aromatic heterocycles. The fourth-order valence-electron chi connectivity index (χ4n) is 6.96. The summed E-state index contributed by atoms with van der Waals surface area (Å²) in [5.74, 6) is -0.918. The molecule has 6 heteroatoms. The van der Waals surface area contributed by atoms with E-state index in [0.29, 0.717) is 19.3 Å². The Balaban J connectivity index is 4.25. The first kappa shape index (κ1) is 57.1. The van der Waals surface area contributed by atoms with Gasteiger partial charge in [0.25, 0.3) is 0 Å². The molecular weight excluding hydrogens is 745 g/mol. The molecule has 346 valence electrons. The summed E-state index contributed by atoms with van der Waals surface area (Å²) in [4.78, 5) is 37.7. The Morgan fingerprint density at radius 1 is 0.350 bits per heavy atom. The molecule has 0 amide bonds. The summed E-state index contributed by atoms with van der Waals surface area (Å²) in [6.07, 6.45) is 59.4. The lowest BCUT2D eigenvalue weighted by atomic mass is 10.1. The zero-order valence-corrected chi connectivity index (χ0v) is 39.5. The van der Waals surface area contributed by atoms with Crippen molar-refractivity contribution in [3.8, 4) is 0 Å². The van der Waals surface area contributed by atoms with E-state index < -0.39 is 6.10 Å². The van der Waals surface area contributed by atoms with E-state index in [-0.39, 0.29) is 31.1 Å². The van der Waals surface area contributed by atoms with Crippen molar-refractivity contribution >= 4 is 17.9 Å². The third-order valence-corrected chi connectivity index (χ3v) is 10.8. The van der Waals surface area contributed by atoms with E-state index >= 15 is 0 Å². The van der Waals surface area contributed by atoms with Crippen LogP contribution in [0.5, 0.6) is 0 Å². The van der Waals surface area contributed by atoms with Crippen molar-refractivity contribution in [3.63, 3.8) is 0 Å². The zero-order chi connectivity index (χ0) is 43.7. The molecule has 0 fully saturated rings. The number of ether oxygens (including phenoxy) is 3. The van der Waals surface area contributed by atoms with E-state index in [4.69, 9.17) is 14.2 Å². The van der Waals surface area contributed by atoms with Gasteiger partial charge in [0, 0.05) is 19.3 Å². The summed E-state index contributed by atoms with van der Waals surface area (Å²) in [7, 11) is 0. The van der Waals surface area contributed by atoms with E-state index in [2.05, 4.69) is 81.5 Å². The Labute approximate surface area is 370 Å². The Morgan fingerprint density at radius 3 is 1.03 bits per heavy atom. The first-order chi connectivity index (χ1) is 29.5. The molecule has 0 radical (unpaired) electrons. The van der Waals surface area contributed by atoms with Gasteiger partial charge in [-0.15, -0.1) is 0 Å². The van der Waals surface area contributed by atoms with Crippen molar-refractivity contribution in [2.45, 2.75) is 252 Å². The summed E-state index contributed by atoms with van der Waals surface area (Å²) < 4.78 is 16.7. The van der Waals surface area contributed by atoms with Crippen LogP contribution in [0.3, 0.4) is 0 Å². The highest BCUT2D eigenvalue weighted by Gasteiger charge is 2.19. The first-order valence-electron chi connectivity index (χ1n) is 25.3. The number of hydrogen-bond donors (Lipinski definition) is 0. The predicted molar refractivity (Wildman–Crippen MR) is 256 cm³/mol. The van der Waals surface area contributed by atoms with Crippen molar-refractivity contribution in [2.75, 3.05) is 13.2 Å². The molecule has 0 saturated carbocycles. The van der Waals surface area contributed by atoms with Gasteiger partial charge in [-0.2, -0.15) is 0 Å². The van der Waals surface area contributed by atoms with Crippen LogP contribution in [-0.4, -0.2) is 37.2 Å². The standard InChI is InChI=1S/C54H94O6/c1-4-7-10-13-16-18-20-22-24-26-27-29-30-32-34-36-38-41-44-47-53(56)59-50-51(49-58-52(55)46-43-40-15-12-9-6-3)60-54(57)48-45-42-39-37-35-33-31-28-25-23-21-19-17-14-11-8-5-2/h8,11,17,19,22-25,31,33,51H,4-7,9-10,12-16,18,20-21,26-30,32,34-50H2,1-3H3/b11-8-,19-17-,24-22-,25-23-,33-31-. The monoisotopic (exact) mass is 839 g/mol. The van der Waals surface area contributed by atoms with Gasteiger partial charge >= 0.3 is 17.9 Å². The van der Waals surface area contributed by atoms with E-state index in [1.807, 2.05) is 0 Å². The van der Waals surface area contributed by atoms with Gasteiger partial charge in [-0.05, 0) is 83.5 Å². The molecule has 0 saturated heterocycles. The fourth-order valence-corrected chi connectivity index (χ4v) is 6.96. The zero-order valence-electron chi connectivity index (χ0n) is 39.5. The van der Waals surface area contributed by atoms with Gasteiger partial charge in [0.15, 0.2) is 6.10 Å². The van der Waals surface area contributed by atoms with E-state index in [1.165, 1.54) is 109 Å². The molecule has 0 N–H and O–H groups in total. The van der Waals surface area contributed by atoms with E-state index in [0.717, 1.165) is 96.3 Å². The maximum absolute atomic E-state index is 12.7. The van der Waals surface area contributed by atoms with Gasteiger partial charge in [0.2, 0.25) is 0 Å². The number of esters is 3. The quantitative estimate of drug-likeness (QED) is 0.0263. The predicted octanol–water partition coefficient (Wildman–Crippen LogP) is 16.5. The number of hydrogen-bond acceptors (Lipinski definition) is 6. The molecule has 0 aliphatic heterocycles. The molecule has 0 heterocycles. The summed E-state index contributed by atoms with van der Waals surface area (Å²) in [6.45, 7) is 6.44. The summed E-state index contributed by atoms with van der Waals surface area (Å²) in [6, 6.07) is 0. The van der Waals surface area contributed by atoms with Gasteiger partial charge in [-0.3, -0.25) is 14.4 Å². The Hall–Kier alpha value is -2.89. The summed E-state index contributed by atoms with van der Waals surface area (Å²) in [5, 5.41) is 0. The highest BCUT2D eigenvalue weighted by Crippen LogP contribution is 2.14. The molecule has 0 aliphatic rings. The normalized spacial score (nSPS) is 12.5. The molecule has 0 aromatic rings. The third-order valence-electron chi connectivity index (χ3n) is 10.8. The largest absolute Gasteiger partial charge is 0.462 e. The smallest absolute Gasteiger partial charge is 0.306 e. The summed E-state index contributed by atoms with van der Waals surface area (Å²) in [5.41, 5.74) is 0. The number of carbonyl (C=O) groups excluding carboxylic acids is 3. The molecule has 0 aromatic carbocycles. The van der Waals surface area contributed by atoms with E-state index in [1.54, 1.807) is 0 Å². The third kappa shape index (κ3) is 46.2. The minimum absolute atomic E-state index is 0.0847. The van der Waals surface area contributed by atoms with Crippen molar-refractivity contribution in [3.05, 3.63) is 60.8 Å². The van der Waals surface area contributed by atoms with Crippen LogP contribution < -0.4 is 0 Å². The van der Waals surface area contributed by atoms with Crippen LogP contribution >= 0.6 is 0 Å². The van der Waals surface area contributed by atoms with Gasteiger partial charge in [0.1, 0.15) is 13.2 Å². The van der Waals surface area contributed by atoms with Crippen molar-refractivity contribution in [2.24, 2.45) is 0 Å². The van der Waals surface area contributed by atoms with Crippen LogP contribution in [0.15, 0.2) is 60.8 Å². The summed E-state index contributed by atoms with van der Waals surface area (Å²) >= 11 is 0. The number of rotatable bonds is 45. The van der Waals surface area contributed by atoms with Crippen LogP contribution in [0.4, 0.5) is 0 Å². The molecule has 1 atom stereocenters. The van der Waals surface area contributed by atoms with Crippen LogP contribution in [0.25, 0.3) is 0 Å². The Morgan fingerprint density at radius 2 is 0.650 bits per heavy atom. The number of allylic oxidation sites excluding steroid dienone is 10. The number of carbonyl (C=O) groups is 3. The minimum Gasteiger partial charge on any atom is -0.462 e. The fraction of sp³-hybridized carbons (Fsp3) is 0.759. The van der Waals surface area contributed by atoms with Crippen molar-refractivity contribution < 1.29 is 28.6 Å². The van der Waals surface area contributed by atoms with Crippen LogP contribution in [0.2, 0.25) is 0 Å². The Kier molecular flexibility index (Phi) is 46.4. The molecule has 0 aliphatic carbocycles. The second-order valence-corrected chi connectivity index (χ2v) is 16.7. The maximum atomic E-state index is 12.7. The molecule has 0 spiro atoms. The SMILES string of the molecule is CC/C=C\C/C=C\C/C=C\C/C=C\CCCCCCC(=O)OC(COC(=O)CCCCCCCC)COC(=O)CCCCCCCCCCC/C=C\CCCCCCCC. The molecule has 6 nitrogen and oxygen atoms in total. The lowest BCUT2D eigenvalue weighted by Crippen LogP contribution is -2.30. The molecule has 60 heavy (non-hydrogen) atoms. The minimum atomic E-state index is -0.783. The lowest BCUT2D eigenvalue weighted by molar-refractivity contribution is -0.167. The highest BCUT2D eigenvalue weighted by molar-refractivity contribution is 5.71. The lowest BCUT2D eigenvalue weighted by Gasteiger charge is -2.18. The van der Waals surface area contributed by atoms with Gasteiger partial charge in [-0.25, -0.2) is 0 Å². The molecule has 1 unspecified atom stereocenters. The van der Waals surface area contributed by atoms with Gasteiger partial charge in [0.05, 0.1) is 0 Å². The van der Waals surface area contributed by atoms with Crippen LogP contribution in [0.1, 0.15) is 245 Å². The van der Waals surface area contributed by atoms with Gasteiger partial charge < -0.3 is 14.2 Å². The molecule has 0 bridgehead atoms. The second kappa shape index (κ2) is 48.8. The van der Waals surface area contributed by atoms with Crippen molar-refractivity contribution in [1.82, 2.24) is 0 Å². The van der Waals surface area contributed by atoms with Crippen molar-refractivity contribution in [1.29, 1.82) is 0 Å². The topological polar surface area (TPSA) is 78.9 Å². The Bertz CT molecular complexity index is 1100. The first-order valence-corrected chi connectivity index (χ1v) is 25.3. The maximum Gasteiger partial charge on any atom is 0.306 e. The average molecular weight is 839 g/mol. The van der Waals surface area contributed by atoms with Gasteiger partial charge in [-0.1, -0.05) is 204 Å². The van der Waals surface area contributed by atoms with Crippen LogP contribution in [0, 0.1) is 0 Å². The molecular formula is C54H94O6. The number of unbranched alkanes of at least 4 members (excludes halogenated alkanes) is 24. The molecule has 0 rings (SSSR count).